The number of methoxy groups -OCH3 is 1. The molecule has 0 aromatic carbocycles. The molecule has 0 fully saturated rings. The van der Waals surface area contributed by atoms with Crippen LogP contribution in [0.4, 0.5) is 0 Å². The highest BCUT2D eigenvalue weighted by Gasteiger charge is 2.15. The maximum atomic E-state index is 11.1. The lowest BCUT2D eigenvalue weighted by Gasteiger charge is -1.97. The third-order valence-electron chi connectivity index (χ3n) is 1.80. The first-order chi connectivity index (χ1) is 5.57. The van der Waals surface area contributed by atoms with E-state index in [2.05, 4.69) is 4.74 Å². The molecule has 12 heavy (non-hydrogen) atoms. The molecule has 0 aliphatic heterocycles. The highest BCUT2D eigenvalue weighted by molar-refractivity contribution is 6.32. The van der Waals surface area contributed by atoms with E-state index in [4.69, 9.17) is 11.6 Å². The van der Waals surface area contributed by atoms with Gasteiger partial charge < -0.3 is 9.30 Å². The Bertz CT molecular complexity index is 317. The van der Waals surface area contributed by atoms with Gasteiger partial charge in [-0.15, -0.1) is 0 Å². The zero-order valence-corrected chi connectivity index (χ0v) is 7.97. The highest BCUT2D eigenvalue weighted by Crippen LogP contribution is 2.20. The van der Waals surface area contributed by atoms with Gasteiger partial charge in [0.05, 0.1) is 12.7 Å². The molecule has 0 atom stereocenters. The Morgan fingerprint density at radius 1 is 1.67 bits per heavy atom. The summed E-state index contributed by atoms with van der Waals surface area (Å²) in [6, 6.07) is 1.70. The smallest absolute Gasteiger partial charge is 0.340 e. The van der Waals surface area contributed by atoms with E-state index in [-0.39, 0.29) is 0 Å². The van der Waals surface area contributed by atoms with Crippen LogP contribution in [-0.4, -0.2) is 17.6 Å². The molecule has 1 rings (SSSR count). The molecular formula is C8H10ClNO2. The van der Waals surface area contributed by atoms with E-state index in [1.165, 1.54) is 7.11 Å². The molecule has 0 radical (unpaired) electrons. The number of nitrogens with zero attached hydrogens (tertiary/aromatic N) is 1. The number of esters is 1. The fourth-order valence-corrected chi connectivity index (χ4v) is 1.22. The van der Waals surface area contributed by atoms with E-state index in [9.17, 15) is 4.79 Å². The van der Waals surface area contributed by atoms with Crippen molar-refractivity contribution in [1.82, 2.24) is 4.57 Å². The van der Waals surface area contributed by atoms with Gasteiger partial charge in [-0.05, 0) is 13.0 Å². The number of hydrogen-bond acceptors (Lipinski definition) is 2. The fraction of sp³-hybridized carbons (Fsp3) is 0.375. The van der Waals surface area contributed by atoms with Gasteiger partial charge in [-0.25, -0.2) is 4.79 Å². The van der Waals surface area contributed by atoms with Crippen LogP contribution in [0.3, 0.4) is 0 Å². The Balaban J connectivity index is 3.17. The second-order valence-electron chi connectivity index (χ2n) is 2.54. The van der Waals surface area contributed by atoms with Crippen LogP contribution in [0.25, 0.3) is 0 Å². The molecule has 4 heteroatoms. The lowest BCUT2D eigenvalue weighted by Crippen LogP contribution is -2.00. The first-order valence-corrected chi connectivity index (χ1v) is 3.86. The Hall–Kier alpha value is -0.960. The third kappa shape index (κ3) is 1.32. The zero-order valence-electron chi connectivity index (χ0n) is 7.22. The van der Waals surface area contributed by atoms with Gasteiger partial charge in [0.15, 0.2) is 0 Å². The quantitative estimate of drug-likeness (QED) is 0.628. The van der Waals surface area contributed by atoms with Crippen molar-refractivity contribution in [2.24, 2.45) is 7.05 Å². The molecule has 1 aromatic rings. The molecule has 0 N–H and O–H groups in total. The van der Waals surface area contributed by atoms with Gasteiger partial charge in [-0.1, -0.05) is 11.6 Å². The molecular weight excluding hydrogens is 178 g/mol. The lowest BCUT2D eigenvalue weighted by atomic mass is 10.3. The van der Waals surface area contributed by atoms with Crippen molar-refractivity contribution in [1.29, 1.82) is 0 Å². The maximum Gasteiger partial charge on any atom is 0.340 e. The lowest BCUT2D eigenvalue weighted by molar-refractivity contribution is 0.0601. The van der Waals surface area contributed by atoms with E-state index in [0.717, 1.165) is 5.69 Å². The molecule has 0 aliphatic rings. The van der Waals surface area contributed by atoms with E-state index >= 15 is 0 Å². The average Bonchev–Trinajstić information content (AvgIpc) is 2.32. The summed E-state index contributed by atoms with van der Waals surface area (Å²) < 4.78 is 6.28. The Morgan fingerprint density at radius 3 is 2.58 bits per heavy atom. The summed E-state index contributed by atoms with van der Waals surface area (Å²) >= 11 is 5.85. The van der Waals surface area contributed by atoms with Crippen molar-refractivity contribution in [3.8, 4) is 0 Å². The second kappa shape index (κ2) is 3.19. The summed E-state index contributed by atoms with van der Waals surface area (Å²) in [7, 11) is 3.13. The number of halogens is 1. The number of hydrogen-bond donors (Lipinski definition) is 0. The van der Waals surface area contributed by atoms with Crippen molar-refractivity contribution in [3.05, 3.63) is 22.5 Å². The molecule has 1 aromatic heterocycles. The van der Waals surface area contributed by atoms with Crippen LogP contribution in [-0.2, 0) is 11.8 Å². The number of aromatic nitrogens is 1. The molecule has 0 bridgehead atoms. The zero-order chi connectivity index (χ0) is 9.30. The van der Waals surface area contributed by atoms with Gasteiger partial charge in [0.2, 0.25) is 0 Å². The summed E-state index contributed by atoms with van der Waals surface area (Å²) in [5.74, 6) is -0.399. The summed E-state index contributed by atoms with van der Waals surface area (Å²) in [6.45, 7) is 1.87. The SMILES string of the molecule is COC(=O)c1cc(C)n(C)c1Cl. The summed E-state index contributed by atoms with van der Waals surface area (Å²) in [5.41, 5.74) is 1.35. The fourth-order valence-electron chi connectivity index (χ4n) is 0.954. The molecule has 0 saturated heterocycles. The number of rotatable bonds is 1. The normalized spacial score (nSPS) is 10.0. The monoisotopic (exact) mass is 187 g/mol. The minimum atomic E-state index is -0.399. The predicted molar refractivity (Wildman–Crippen MR) is 46.5 cm³/mol. The minimum absolute atomic E-state index is 0.399. The van der Waals surface area contributed by atoms with Crippen molar-refractivity contribution in [2.75, 3.05) is 7.11 Å². The molecule has 66 valence electrons. The largest absolute Gasteiger partial charge is 0.465 e. The summed E-state index contributed by atoms with van der Waals surface area (Å²) in [6.07, 6.45) is 0. The first-order valence-electron chi connectivity index (χ1n) is 3.48. The number of carbonyl (C=O) groups is 1. The number of ether oxygens (including phenoxy) is 1. The third-order valence-corrected chi connectivity index (χ3v) is 2.26. The van der Waals surface area contributed by atoms with Crippen molar-refractivity contribution < 1.29 is 9.53 Å². The van der Waals surface area contributed by atoms with Crippen LogP contribution in [0.1, 0.15) is 16.1 Å². The van der Waals surface area contributed by atoms with Crippen LogP contribution in [0.15, 0.2) is 6.07 Å². The van der Waals surface area contributed by atoms with Gasteiger partial charge in [0.1, 0.15) is 5.15 Å². The van der Waals surface area contributed by atoms with Gasteiger partial charge in [0, 0.05) is 12.7 Å². The van der Waals surface area contributed by atoms with Crippen molar-refractivity contribution >= 4 is 17.6 Å². The predicted octanol–water partition coefficient (Wildman–Crippen LogP) is 1.77. The first kappa shape index (κ1) is 9.13. The van der Waals surface area contributed by atoms with Crippen molar-refractivity contribution in [3.63, 3.8) is 0 Å². The Kier molecular flexibility index (Phi) is 2.43. The Morgan fingerprint density at radius 2 is 2.25 bits per heavy atom. The number of aryl methyl sites for hydroxylation is 1. The summed E-state index contributed by atoms with van der Waals surface area (Å²) in [4.78, 5) is 11.1. The molecule has 0 aliphatic carbocycles. The molecule has 3 nitrogen and oxygen atoms in total. The molecule has 0 amide bonds. The number of carbonyl (C=O) groups excluding carboxylic acids is 1. The average molecular weight is 188 g/mol. The van der Waals surface area contributed by atoms with Crippen LogP contribution in [0.5, 0.6) is 0 Å². The van der Waals surface area contributed by atoms with E-state index < -0.39 is 5.97 Å². The molecule has 0 saturated carbocycles. The van der Waals surface area contributed by atoms with Crippen molar-refractivity contribution in [2.45, 2.75) is 6.92 Å². The second-order valence-corrected chi connectivity index (χ2v) is 2.90. The summed E-state index contributed by atoms with van der Waals surface area (Å²) in [5, 5.41) is 0.416. The topological polar surface area (TPSA) is 31.2 Å². The van der Waals surface area contributed by atoms with Crippen LogP contribution >= 0.6 is 11.6 Å². The van der Waals surface area contributed by atoms with Crippen LogP contribution in [0, 0.1) is 6.92 Å². The highest BCUT2D eigenvalue weighted by atomic mass is 35.5. The minimum Gasteiger partial charge on any atom is -0.465 e. The molecule has 0 unspecified atom stereocenters. The van der Waals surface area contributed by atoms with Gasteiger partial charge in [0.25, 0.3) is 0 Å². The van der Waals surface area contributed by atoms with E-state index in [1.807, 2.05) is 6.92 Å². The molecule has 0 spiro atoms. The standard InChI is InChI=1S/C8H10ClNO2/c1-5-4-6(8(11)12-3)7(9)10(5)2/h4H,1-3H3. The van der Waals surface area contributed by atoms with Crippen LogP contribution in [0.2, 0.25) is 5.15 Å². The van der Waals surface area contributed by atoms with Gasteiger partial charge in [-0.3, -0.25) is 0 Å². The maximum absolute atomic E-state index is 11.1. The molecule has 1 heterocycles. The van der Waals surface area contributed by atoms with Crippen LogP contribution < -0.4 is 0 Å². The Labute approximate surface area is 75.9 Å². The van der Waals surface area contributed by atoms with Gasteiger partial charge >= 0.3 is 5.97 Å². The van der Waals surface area contributed by atoms with E-state index in [1.54, 1.807) is 17.7 Å². The van der Waals surface area contributed by atoms with Gasteiger partial charge in [-0.2, -0.15) is 0 Å². The van der Waals surface area contributed by atoms with E-state index in [0.29, 0.717) is 10.7 Å².